The highest BCUT2D eigenvalue weighted by Gasteiger charge is 2.10. The summed E-state index contributed by atoms with van der Waals surface area (Å²) in [5.74, 6) is -1.14. The van der Waals surface area contributed by atoms with E-state index in [-0.39, 0.29) is 11.3 Å². The van der Waals surface area contributed by atoms with E-state index >= 15 is 0 Å². The molecule has 0 amide bonds. The summed E-state index contributed by atoms with van der Waals surface area (Å²) in [7, 11) is 3.25. The van der Waals surface area contributed by atoms with Gasteiger partial charge in [-0.1, -0.05) is 24.8 Å². The van der Waals surface area contributed by atoms with Gasteiger partial charge in [0.25, 0.3) is 5.69 Å². The summed E-state index contributed by atoms with van der Waals surface area (Å²) in [5, 5.41) is 18.3. The first-order valence-corrected chi connectivity index (χ1v) is 7.73. The zero-order valence-corrected chi connectivity index (χ0v) is 15.5. The molecular weight excluding hydrogens is 348 g/mol. The minimum Gasteiger partial charge on any atom is -0.404 e. The maximum atomic E-state index is 11.7. The fourth-order valence-corrected chi connectivity index (χ4v) is 1.50. The van der Waals surface area contributed by atoms with Gasteiger partial charge in [0, 0.05) is 43.6 Å². The highest BCUT2D eigenvalue weighted by Crippen LogP contribution is 2.12. The van der Waals surface area contributed by atoms with E-state index in [1.165, 1.54) is 36.4 Å². The second kappa shape index (κ2) is 13.7. The minimum atomic E-state index is -0.745. The first-order valence-electron chi connectivity index (χ1n) is 7.73. The third kappa shape index (κ3) is 10.1. The van der Waals surface area contributed by atoms with Crippen LogP contribution in [0.15, 0.2) is 78.6 Å². The number of nitro groups is 1. The lowest BCUT2D eigenvalue weighted by Crippen LogP contribution is -2.10. The van der Waals surface area contributed by atoms with Gasteiger partial charge in [0.2, 0.25) is 5.90 Å². The van der Waals surface area contributed by atoms with Crippen LogP contribution < -0.4 is 0 Å². The molecular formula is C20H22N2O5. The number of carbonyl (C=O) groups excluding carboxylic acids is 1. The molecule has 142 valence electrons. The third-order valence-corrected chi connectivity index (χ3v) is 2.70. The molecule has 0 aliphatic rings. The second-order valence-electron chi connectivity index (χ2n) is 4.79. The molecule has 0 aromatic heterocycles. The van der Waals surface area contributed by atoms with Crippen LogP contribution in [-0.2, 0) is 14.3 Å². The first-order chi connectivity index (χ1) is 12.9. The van der Waals surface area contributed by atoms with Gasteiger partial charge in [0.1, 0.15) is 0 Å². The molecule has 1 aromatic rings. The number of ether oxygens (including phenoxy) is 2. The predicted octanol–water partition coefficient (Wildman–Crippen LogP) is 4.13. The molecule has 1 rings (SSSR count). The van der Waals surface area contributed by atoms with Crippen molar-refractivity contribution in [1.82, 2.24) is 0 Å². The van der Waals surface area contributed by atoms with Crippen LogP contribution in [0, 0.1) is 15.5 Å². The number of esters is 1. The Bertz CT molecular complexity index is 783. The molecule has 7 heteroatoms. The number of nitrogens with one attached hydrogen (secondary N) is 1. The molecule has 0 heterocycles. The van der Waals surface area contributed by atoms with Crippen LogP contribution in [0.1, 0.15) is 12.5 Å². The number of allylic oxidation sites excluding steroid dienone is 5. The van der Waals surface area contributed by atoms with Crippen molar-refractivity contribution in [2.45, 2.75) is 6.92 Å². The largest absolute Gasteiger partial charge is 0.404 e. The Balaban J connectivity index is 0.00000210. The molecule has 0 saturated heterocycles. The summed E-state index contributed by atoms with van der Waals surface area (Å²) in [6.07, 6.45) is 9.40. The lowest BCUT2D eigenvalue weighted by atomic mass is 10.2. The SMILES string of the molecule is C=CC(=C=C/C=C\C)/C=C/C(=O)OC(=N)c1ccc([N+](=O)[O-])cc1.COC. The standard InChI is InChI=1S/C18H16N2O4.C2H6O/c1-3-5-6-7-14(4-2)8-13-17(21)24-18(19)15-9-11-16(12-10-15)20(22)23;1-3-2/h3-6,8-13,19H,2H2,1H3;1-2H3/b5-3-,13-8+,19-18?;. The Morgan fingerprint density at radius 1 is 1.26 bits per heavy atom. The second-order valence-corrected chi connectivity index (χ2v) is 4.79. The van der Waals surface area contributed by atoms with E-state index in [0.717, 1.165) is 6.08 Å². The highest BCUT2D eigenvalue weighted by molar-refractivity contribution is 6.01. The third-order valence-electron chi connectivity index (χ3n) is 2.70. The number of nitrogens with zero attached hydrogens (tertiary/aromatic N) is 1. The normalized spacial score (nSPS) is 9.74. The van der Waals surface area contributed by atoms with Gasteiger partial charge in [-0.3, -0.25) is 15.5 Å². The Labute approximate surface area is 158 Å². The van der Waals surface area contributed by atoms with Gasteiger partial charge in [0.05, 0.1) is 4.92 Å². The molecule has 7 nitrogen and oxygen atoms in total. The smallest absolute Gasteiger partial charge is 0.337 e. The Hall–Kier alpha value is -3.54. The zero-order valence-electron chi connectivity index (χ0n) is 15.5. The van der Waals surface area contributed by atoms with Gasteiger partial charge >= 0.3 is 5.97 Å². The fraction of sp³-hybridized carbons (Fsp3) is 0.150. The van der Waals surface area contributed by atoms with Crippen molar-refractivity contribution in [2.24, 2.45) is 0 Å². The number of carbonyl (C=O) groups is 1. The van der Waals surface area contributed by atoms with Gasteiger partial charge in [-0.25, -0.2) is 4.79 Å². The van der Waals surface area contributed by atoms with Gasteiger partial charge in [-0.2, -0.15) is 0 Å². The maximum Gasteiger partial charge on any atom is 0.337 e. The molecule has 0 saturated carbocycles. The van der Waals surface area contributed by atoms with E-state index in [0.29, 0.717) is 5.57 Å². The number of hydrogen-bond donors (Lipinski definition) is 1. The van der Waals surface area contributed by atoms with Crippen LogP contribution in [0.3, 0.4) is 0 Å². The molecule has 0 spiro atoms. The van der Waals surface area contributed by atoms with Gasteiger partial charge in [-0.05, 0) is 31.2 Å². The summed E-state index contributed by atoms with van der Waals surface area (Å²) in [6, 6.07) is 5.15. The van der Waals surface area contributed by atoms with Crippen molar-refractivity contribution in [3.63, 3.8) is 0 Å². The van der Waals surface area contributed by atoms with Crippen molar-refractivity contribution in [1.29, 1.82) is 5.41 Å². The minimum absolute atomic E-state index is 0.105. The average Bonchev–Trinajstić information content (AvgIpc) is 2.65. The molecule has 27 heavy (non-hydrogen) atoms. The molecule has 0 atom stereocenters. The molecule has 0 unspecified atom stereocenters. The molecule has 0 aliphatic carbocycles. The van der Waals surface area contributed by atoms with Gasteiger partial charge in [-0.15, -0.1) is 5.73 Å². The quantitative estimate of drug-likeness (QED) is 0.119. The number of non-ortho nitro benzene ring substituents is 1. The number of rotatable bonds is 6. The summed E-state index contributed by atoms with van der Waals surface area (Å²) in [5.41, 5.74) is 3.63. The van der Waals surface area contributed by atoms with Crippen LogP contribution in [0.5, 0.6) is 0 Å². The molecule has 1 N–H and O–H groups in total. The van der Waals surface area contributed by atoms with Crippen molar-refractivity contribution in [3.05, 3.63) is 94.3 Å². The van der Waals surface area contributed by atoms with Crippen molar-refractivity contribution < 1.29 is 19.2 Å². The lowest BCUT2D eigenvalue weighted by Gasteiger charge is -2.03. The molecule has 0 fully saturated rings. The topological polar surface area (TPSA) is 103 Å². The van der Waals surface area contributed by atoms with E-state index in [1.54, 1.807) is 26.4 Å². The number of hydrogen-bond acceptors (Lipinski definition) is 6. The van der Waals surface area contributed by atoms with Crippen LogP contribution in [0.2, 0.25) is 0 Å². The van der Waals surface area contributed by atoms with E-state index in [2.05, 4.69) is 17.0 Å². The average molecular weight is 370 g/mol. The Kier molecular flexibility index (Phi) is 11.9. The van der Waals surface area contributed by atoms with Crippen molar-refractivity contribution in [3.8, 4) is 0 Å². The molecule has 0 bridgehead atoms. The summed E-state index contributed by atoms with van der Waals surface area (Å²) < 4.78 is 9.10. The number of methoxy groups -OCH3 is 1. The summed E-state index contributed by atoms with van der Waals surface area (Å²) in [4.78, 5) is 21.7. The Morgan fingerprint density at radius 2 is 1.85 bits per heavy atom. The maximum absolute atomic E-state index is 11.7. The predicted molar refractivity (Wildman–Crippen MR) is 105 cm³/mol. The van der Waals surface area contributed by atoms with E-state index in [1.807, 2.05) is 13.0 Å². The van der Waals surface area contributed by atoms with Crippen molar-refractivity contribution >= 4 is 17.6 Å². The Morgan fingerprint density at radius 3 is 2.33 bits per heavy atom. The van der Waals surface area contributed by atoms with Crippen molar-refractivity contribution in [2.75, 3.05) is 14.2 Å². The first kappa shape index (κ1) is 23.5. The van der Waals surface area contributed by atoms with E-state index in [9.17, 15) is 14.9 Å². The van der Waals surface area contributed by atoms with Gasteiger partial charge < -0.3 is 9.47 Å². The summed E-state index contributed by atoms with van der Waals surface area (Å²) >= 11 is 0. The van der Waals surface area contributed by atoms with Gasteiger partial charge in [0.15, 0.2) is 0 Å². The van der Waals surface area contributed by atoms with Crippen LogP contribution >= 0.6 is 0 Å². The monoisotopic (exact) mass is 370 g/mol. The van der Waals surface area contributed by atoms with Crippen LogP contribution in [-0.4, -0.2) is 31.0 Å². The fourth-order valence-electron chi connectivity index (χ4n) is 1.50. The highest BCUT2D eigenvalue weighted by atomic mass is 16.6. The van der Waals surface area contributed by atoms with E-state index < -0.39 is 16.8 Å². The number of benzene rings is 1. The summed E-state index contributed by atoms with van der Waals surface area (Å²) in [6.45, 7) is 5.47. The van der Waals surface area contributed by atoms with Crippen LogP contribution in [0.25, 0.3) is 0 Å². The molecule has 0 radical (unpaired) electrons. The van der Waals surface area contributed by atoms with Crippen LogP contribution in [0.4, 0.5) is 5.69 Å². The zero-order chi connectivity index (χ0) is 20.7. The number of nitro benzene ring substituents is 1. The lowest BCUT2D eigenvalue weighted by molar-refractivity contribution is -0.384. The molecule has 0 aliphatic heterocycles. The molecule has 1 aromatic carbocycles. The van der Waals surface area contributed by atoms with E-state index in [4.69, 9.17) is 10.1 Å².